The monoisotopic (exact) mass is 318 g/mol. The second-order valence-electron chi connectivity index (χ2n) is 4.62. The first-order chi connectivity index (χ1) is 10.5. The quantitative estimate of drug-likeness (QED) is 0.584. The molecule has 7 heteroatoms. The molecule has 6 nitrogen and oxygen atoms in total. The van der Waals surface area contributed by atoms with Gasteiger partial charge in [-0.1, -0.05) is 0 Å². The minimum atomic E-state index is -0.482. The first-order valence-corrected chi connectivity index (χ1v) is 7.40. The fourth-order valence-corrected chi connectivity index (χ4v) is 2.27. The molecule has 22 heavy (non-hydrogen) atoms. The molecule has 116 valence electrons. The van der Waals surface area contributed by atoms with Gasteiger partial charge in [-0.25, -0.2) is 0 Å². The number of nitrogens with zero attached hydrogens (tertiary/aromatic N) is 2. The maximum Gasteiger partial charge on any atom is 0.264 e. The van der Waals surface area contributed by atoms with Gasteiger partial charge in [0.25, 0.3) is 5.56 Å². The predicted octanol–water partition coefficient (Wildman–Crippen LogP) is 2.73. The van der Waals surface area contributed by atoms with E-state index in [9.17, 15) is 9.90 Å². The van der Waals surface area contributed by atoms with E-state index in [2.05, 4.69) is 33.7 Å². The highest BCUT2D eigenvalue weighted by Crippen LogP contribution is 2.19. The number of nitrogens with one attached hydrogen (secondary N) is 2. The van der Waals surface area contributed by atoms with Crippen LogP contribution in [-0.2, 0) is 0 Å². The van der Waals surface area contributed by atoms with Crippen LogP contribution in [0.25, 0.3) is 0 Å². The molecule has 2 aromatic rings. The topological polar surface area (TPSA) is 84.5 Å². The van der Waals surface area contributed by atoms with Crippen LogP contribution >= 0.6 is 12.2 Å². The summed E-state index contributed by atoms with van der Waals surface area (Å²) in [7, 11) is 0. The number of hydrogen-bond donors (Lipinski definition) is 3. The lowest BCUT2D eigenvalue weighted by molar-refractivity contribution is 0.449. The standard InChI is InChI=1S/C15H18N4O2S/c1-3-19(4-2)11-7-5-10(6-8-11)16-9-12-13(20)17-15(22)18-14(12)21/h5-9H,3-4H2,1-2H3,(H3,17,18,20,21,22). The lowest BCUT2D eigenvalue weighted by Gasteiger charge is -2.20. The van der Waals surface area contributed by atoms with Crippen LogP contribution < -0.4 is 10.5 Å². The van der Waals surface area contributed by atoms with Crippen LogP contribution in [-0.4, -0.2) is 34.4 Å². The Morgan fingerprint density at radius 3 is 2.41 bits per heavy atom. The van der Waals surface area contributed by atoms with Gasteiger partial charge in [0.1, 0.15) is 5.56 Å². The van der Waals surface area contributed by atoms with Gasteiger partial charge in [-0.05, 0) is 50.3 Å². The fraction of sp³-hybridized carbons (Fsp3) is 0.267. The first kappa shape index (κ1) is 16.0. The summed E-state index contributed by atoms with van der Waals surface area (Å²) in [6.45, 7) is 6.07. The van der Waals surface area contributed by atoms with Gasteiger partial charge < -0.3 is 15.0 Å². The van der Waals surface area contributed by atoms with E-state index in [-0.39, 0.29) is 16.2 Å². The molecule has 3 N–H and O–H groups in total. The third kappa shape index (κ3) is 3.62. The molecule has 0 aliphatic carbocycles. The van der Waals surface area contributed by atoms with Crippen LogP contribution in [0, 0.1) is 4.77 Å². The molecule has 0 amide bonds. The van der Waals surface area contributed by atoms with Crippen molar-refractivity contribution in [2.24, 2.45) is 4.99 Å². The van der Waals surface area contributed by atoms with Crippen molar-refractivity contribution in [2.45, 2.75) is 13.8 Å². The molecule has 1 heterocycles. The number of aliphatic imine (C=N–C) groups is 1. The summed E-state index contributed by atoms with van der Waals surface area (Å²) in [5, 5.41) is 9.69. The van der Waals surface area contributed by atoms with E-state index in [4.69, 9.17) is 12.2 Å². The van der Waals surface area contributed by atoms with Crippen molar-refractivity contribution in [3.05, 3.63) is 45.0 Å². The van der Waals surface area contributed by atoms with E-state index in [0.29, 0.717) is 5.69 Å². The molecule has 0 radical (unpaired) electrons. The van der Waals surface area contributed by atoms with Crippen molar-refractivity contribution in [2.75, 3.05) is 18.0 Å². The largest absolute Gasteiger partial charge is 0.494 e. The number of benzene rings is 1. The Morgan fingerprint density at radius 2 is 1.86 bits per heavy atom. The lowest BCUT2D eigenvalue weighted by Crippen LogP contribution is -2.21. The molecular formula is C15H18N4O2S. The molecule has 0 saturated carbocycles. The van der Waals surface area contributed by atoms with Crippen molar-refractivity contribution in [3.63, 3.8) is 0 Å². The third-order valence-electron chi connectivity index (χ3n) is 3.28. The van der Waals surface area contributed by atoms with E-state index >= 15 is 0 Å². The van der Waals surface area contributed by atoms with E-state index in [1.807, 2.05) is 24.3 Å². The van der Waals surface area contributed by atoms with E-state index in [0.717, 1.165) is 18.8 Å². The smallest absolute Gasteiger partial charge is 0.264 e. The number of aromatic hydroxyl groups is 1. The van der Waals surface area contributed by atoms with Gasteiger partial charge in [0.05, 0.1) is 5.69 Å². The number of H-pyrrole nitrogens is 2. The maximum atomic E-state index is 11.7. The van der Waals surface area contributed by atoms with Gasteiger partial charge in [0.15, 0.2) is 4.77 Å². The van der Waals surface area contributed by atoms with Crippen LogP contribution in [0.15, 0.2) is 34.1 Å². The Labute approximate surface area is 133 Å². The Balaban J connectivity index is 2.24. The Hall–Kier alpha value is -2.41. The van der Waals surface area contributed by atoms with Crippen LogP contribution in [0.4, 0.5) is 11.4 Å². The molecule has 0 spiro atoms. The van der Waals surface area contributed by atoms with Crippen molar-refractivity contribution >= 4 is 29.8 Å². The van der Waals surface area contributed by atoms with E-state index < -0.39 is 5.56 Å². The number of hydrogen-bond acceptors (Lipinski definition) is 5. The summed E-state index contributed by atoms with van der Waals surface area (Å²) >= 11 is 4.77. The molecule has 0 saturated heterocycles. The number of aromatic amines is 2. The second-order valence-corrected chi connectivity index (χ2v) is 5.03. The summed E-state index contributed by atoms with van der Waals surface area (Å²) in [5.41, 5.74) is 1.37. The number of rotatable bonds is 5. The van der Waals surface area contributed by atoms with Crippen LogP contribution in [0.2, 0.25) is 0 Å². The molecule has 0 aliphatic rings. The first-order valence-electron chi connectivity index (χ1n) is 6.99. The van der Waals surface area contributed by atoms with E-state index in [1.165, 1.54) is 6.21 Å². The Bertz CT molecular complexity index is 773. The minimum absolute atomic E-state index is 0.0430. The highest BCUT2D eigenvalue weighted by Gasteiger charge is 2.05. The van der Waals surface area contributed by atoms with Crippen LogP contribution in [0.3, 0.4) is 0 Å². The van der Waals surface area contributed by atoms with Gasteiger partial charge in [-0.3, -0.25) is 14.8 Å². The van der Waals surface area contributed by atoms with E-state index in [1.54, 1.807) is 0 Å². The molecule has 2 rings (SSSR count). The molecule has 1 aromatic heterocycles. The second kappa shape index (κ2) is 7.04. The van der Waals surface area contributed by atoms with Gasteiger partial charge in [0, 0.05) is 25.0 Å². The third-order valence-corrected chi connectivity index (χ3v) is 3.48. The maximum absolute atomic E-state index is 11.7. The van der Waals surface area contributed by atoms with Crippen molar-refractivity contribution < 1.29 is 5.11 Å². The zero-order chi connectivity index (χ0) is 16.1. The summed E-state index contributed by atoms with van der Waals surface area (Å²) in [5.74, 6) is -0.294. The molecule has 0 atom stereocenters. The minimum Gasteiger partial charge on any atom is -0.494 e. The molecule has 0 bridgehead atoms. The molecule has 0 fully saturated rings. The van der Waals surface area contributed by atoms with Gasteiger partial charge in [-0.15, -0.1) is 0 Å². The van der Waals surface area contributed by atoms with Gasteiger partial charge in [0.2, 0.25) is 5.88 Å². The molecule has 1 aromatic carbocycles. The predicted molar refractivity (Wildman–Crippen MR) is 91.2 cm³/mol. The highest BCUT2D eigenvalue weighted by molar-refractivity contribution is 7.71. The fourth-order valence-electron chi connectivity index (χ4n) is 2.08. The normalized spacial score (nSPS) is 11.0. The SMILES string of the molecule is CCN(CC)c1ccc(N=Cc2c(O)[nH]c(=S)[nH]c2=O)cc1. The zero-order valence-electron chi connectivity index (χ0n) is 12.5. The van der Waals surface area contributed by atoms with Crippen molar-refractivity contribution in [1.82, 2.24) is 9.97 Å². The lowest BCUT2D eigenvalue weighted by atomic mass is 10.2. The average Bonchev–Trinajstić information content (AvgIpc) is 2.49. The molecular weight excluding hydrogens is 300 g/mol. The summed E-state index contributed by atoms with van der Waals surface area (Å²) in [4.78, 5) is 23.0. The molecule has 0 unspecified atom stereocenters. The Morgan fingerprint density at radius 1 is 1.23 bits per heavy atom. The number of anilines is 1. The Kier molecular flexibility index (Phi) is 5.11. The van der Waals surface area contributed by atoms with Gasteiger partial charge >= 0.3 is 0 Å². The summed E-state index contributed by atoms with van der Waals surface area (Å²) in [6.07, 6.45) is 1.31. The highest BCUT2D eigenvalue weighted by atomic mass is 32.1. The summed E-state index contributed by atoms with van der Waals surface area (Å²) in [6, 6.07) is 7.67. The van der Waals surface area contributed by atoms with Crippen molar-refractivity contribution in [1.29, 1.82) is 0 Å². The zero-order valence-corrected chi connectivity index (χ0v) is 13.3. The number of aromatic nitrogens is 2. The average molecular weight is 318 g/mol. The molecule has 0 aliphatic heterocycles. The van der Waals surface area contributed by atoms with Crippen molar-refractivity contribution in [3.8, 4) is 5.88 Å². The van der Waals surface area contributed by atoms with Gasteiger partial charge in [-0.2, -0.15) is 0 Å². The van der Waals surface area contributed by atoms with Crippen LogP contribution in [0.1, 0.15) is 19.4 Å². The van der Waals surface area contributed by atoms with Crippen LogP contribution in [0.5, 0.6) is 5.88 Å². The summed E-state index contributed by atoms with van der Waals surface area (Å²) < 4.78 is 0.0724.